The van der Waals surface area contributed by atoms with E-state index in [0.717, 1.165) is 23.4 Å². The summed E-state index contributed by atoms with van der Waals surface area (Å²) in [5.41, 5.74) is 0.741. The van der Waals surface area contributed by atoms with Gasteiger partial charge >= 0.3 is 0 Å². The summed E-state index contributed by atoms with van der Waals surface area (Å²) < 4.78 is 16.9. The normalized spacial score (nSPS) is 11.5. The van der Waals surface area contributed by atoms with Gasteiger partial charge < -0.3 is 9.47 Å². The van der Waals surface area contributed by atoms with Gasteiger partial charge in [-0.25, -0.2) is 4.68 Å². The van der Waals surface area contributed by atoms with Gasteiger partial charge in [0.15, 0.2) is 0 Å². The van der Waals surface area contributed by atoms with Gasteiger partial charge in [-0.05, 0) is 62.1 Å². The van der Waals surface area contributed by atoms with Gasteiger partial charge in [-0.2, -0.15) is 0 Å². The quantitative estimate of drug-likeness (QED) is 0.361. The molecule has 168 valence electrons. The van der Waals surface area contributed by atoms with Gasteiger partial charge in [-0.15, -0.1) is 5.10 Å². The van der Waals surface area contributed by atoms with E-state index in [1.807, 2.05) is 66.9 Å². The lowest BCUT2D eigenvalue weighted by Crippen LogP contribution is -2.27. The van der Waals surface area contributed by atoms with E-state index in [0.29, 0.717) is 42.3 Å². The molecule has 0 spiro atoms. The molecule has 0 aliphatic heterocycles. The van der Waals surface area contributed by atoms with Crippen molar-refractivity contribution in [3.05, 3.63) is 63.7 Å². The fraction of sp³-hybridized carbons (Fsp3) is 0.348. The molecule has 32 heavy (non-hydrogen) atoms. The SMILES string of the molecule is CCCn1c(=O)c2ccccc2n2c(=S)n(CN(C)CCOc3ccc(OC)cc3)nc12. The third kappa shape index (κ3) is 4.26. The van der Waals surface area contributed by atoms with Crippen LogP contribution in [0.5, 0.6) is 11.5 Å². The van der Waals surface area contributed by atoms with Gasteiger partial charge in [0.2, 0.25) is 10.5 Å². The number of nitrogens with zero attached hydrogens (tertiary/aromatic N) is 5. The first-order valence-electron chi connectivity index (χ1n) is 10.6. The second-order valence-corrected chi connectivity index (χ2v) is 8.00. The highest BCUT2D eigenvalue weighted by Crippen LogP contribution is 2.17. The molecule has 2 heterocycles. The van der Waals surface area contributed by atoms with Gasteiger partial charge in [0.05, 0.1) is 24.7 Å². The molecule has 0 saturated heterocycles. The second kappa shape index (κ2) is 9.54. The predicted molar refractivity (Wildman–Crippen MR) is 127 cm³/mol. The largest absolute Gasteiger partial charge is 0.497 e. The Morgan fingerprint density at radius 1 is 1.09 bits per heavy atom. The molecule has 8 nitrogen and oxygen atoms in total. The number of hydrogen-bond acceptors (Lipinski definition) is 6. The number of ether oxygens (including phenoxy) is 2. The molecule has 0 amide bonds. The van der Waals surface area contributed by atoms with Crippen LogP contribution in [-0.4, -0.2) is 51.0 Å². The maximum atomic E-state index is 13.0. The van der Waals surface area contributed by atoms with Crippen molar-refractivity contribution >= 4 is 28.9 Å². The summed E-state index contributed by atoms with van der Waals surface area (Å²) in [7, 11) is 3.63. The third-order valence-corrected chi connectivity index (χ3v) is 5.70. The molecule has 0 radical (unpaired) electrons. The summed E-state index contributed by atoms with van der Waals surface area (Å²) in [6.45, 7) is 4.32. The Morgan fingerprint density at radius 2 is 1.81 bits per heavy atom. The fourth-order valence-corrected chi connectivity index (χ4v) is 3.95. The number of aromatic nitrogens is 4. The number of benzene rings is 2. The zero-order valence-electron chi connectivity index (χ0n) is 18.5. The van der Waals surface area contributed by atoms with Crippen LogP contribution in [0.3, 0.4) is 0 Å². The molecule has 4 rings (SSSR count). The van der Waals surface area contributed by atoms with Crippen molar-refractivity contribution in [2.45, 2.75) is 26.6 Å². The number of methoxy groups -OCH3 is 1. The summed E-state index contributed by atoms with van der Waals surface area (Å²) in [4.78, 5) is 15.1. The lowest BCUT2D eigenvalue weighted by atomic mass is 10.2. The van der Waals surface area contributed by atoms with Gasteiger partial charge in [-0.3, -0.25) is 18.7 Å². The van der Waals surface area contributed by atoms with Crippen LogP contribution in [0.2, 0.25) is 0 Å². The van der Waals surface area contributed by atoms with Gasteiger partial charge in [0, 0.05) is 13.1 Å². The standard InChI is InChI=1S/C23H27N5O3S/c1-4-13-26-21(29)19-7-5-6-8-20(19)28-22(26)24-27(23(28)32)16-25(2)14-15-31-18-11-9-17(30-3)10-12-18/h5-12H,4,13-16H2,1-3H3. The van der Waals surface area contributed by atoms with Crippen LogP contribution in [-0.2, 0) is 13.2 Å². The molecule has 9 heteroatoms. The van der Waals surface area contributed by atoms with E-state index in [4.69, 9.17) is 26.8 Å². The lowest BCUT2D eigenvalue weighted by molar-refractivity contribution is 0.198. The van der Waals surface area contributed by atoms with Crippen molar-refractivity contribution in [1.29, 1.82) is 0 Å². The summed E-state index contributed by atoms with van der Waals surface area (Å²) in [5, 5.41) is 5.35. The molecular weight excluding hydrogens is 426 g/mol. The minimum absolute atomic E-state index is 0.0386. The Balaban J connectivity index is 1.55. The zero-order valence-corrected chi connectivity index (χ0v) is 19.3. The van der Waals surface area contributed by atoms with Crippen LogP contribution in [0.1, 0.15) is 13.3 Å². The minimum atomic E-state index is -0.0386. The Bertz CT molecular complexity index is 1340. The average Bonchev–Trinajstić information content (AvgIpc) is 3.13. The lowest BCUT2D eigenvalue weighted by Gasteiger charge is -2.16. The van der Waals surface area contributed by atoms with Crippen molar-refractivity contribution < 1.29 is 9.47 Å². The van der Waals surface area contributed by atoms with Crippen LogP contribution in [0.15, 0.2) is 53.3 Å². The van der Waals surface area contributed by atoms with E-state index in [2.05, 4.69) is 4.90 Å². The van der Waals surface area contributed by atoms with E-state index in [-0.39, 0.29) is 5.56 Å². The zero-order chi connectivity index (χ0) is 22.7. The Kier molecular flexibility index (Phi) is 6.57. The van der Waals surface area contributed by atoms with Crippen LogP contribution >= 0.6 is 12.2 Å². The molecule has 2 aromatic heterocycles. The average molecular weight is 454 g/mol. The van der Waals surface area contributed by atoms with Gasteiger partial charge in [-0.1, -0.05) is 19.1 Å². The summed E-state index contributed by atoms with van der Waals surface area (Å²) in [6.07, 6.45) is 0.829. The molecule has 4 aromatic rings. The smallest absolute Gasteiger partial charge is 0.262 e. The molecule has 0 aliphatic rings. The first-order valence-corrected chi connectivity index (χ1v) is 11.0. The van der Waals surface area contributed by atoms with E-state index in [1.54, 1.807) is 16.4 Å². The summed E-state index contributed by atoms with van der Waals surface area (Å²) in [6, 6.07) is 15.0. The Labute approximate surface area is 191 Å². The van der Waals surface area contributed by atoms with E-state index in [9.17, 15) is 4.79 Å². The molecule has 0 N–H and O–H groups in total. The minimum Gasteiger partial charge on any atom is -0.497 e. The van der Waals surface area contributed by atoms with Crippen LogP contribution < -0.4 is 15.0 Å². The van der Waals surface area contributed by atoms with E-state index >= 15 is 0 Å². The molecule has 0 unspecified atom stereocenters. The monoisotopic (exact) mass is 453 g/mol. The Hall–Kier alpha value is -3.17. The van der Waals surface area contributed by atoms with Gasteiger partial charge in [0.25, 0.3) is 5.56 Å². The maximum absolute atomic E-state index is 13.0. The van der Waals surface area contributed by atoms with Crippen LogP contribution in [0.25, 0.3) is 16.7 Å². The molecule has 0 atom stereocenters. The van der Waals surface area contributed by atoms with Crippen molar-refractivity contribution in [1.82, 2.24) is 23.6 Å². The van der Waals surface area contributed by atoms with E-state index in [1.165, 1.54) is 0 Å². The predicted octanol–water partition coefficient (Wildman–Crippen LogP) is 3.57. The maximum Gasteiger partial charge on any atom is 0.262 e. The molecule has 0 saturated carbocycles. The number of likely N-dealkylation sites (N-methyl/N-ethyl adjacent to an activating group) is 1. The Morgan fingerprint density at radius 3 is 2.53 bits per heavy atom. The first kappa shape index (κ1) is 22.0. The number of hydrogen-bond donors (Lipinski definition) is 0. The summed E-state index contributed by atoms with van der Waals surface area (Å²) >= 11 is 5.75. The second-order valence-electron chi connectivity index (χ2n) is 7.64. The third-order valence-electron chi connectivity index (χ3n) is 5.31. The van der Waals surface area contributed by atoms with E-state index < -0.39 is 0 Å². The number of aryl methyl sites for hydroxylation is 1. The van der Waals surface area contributed by atoms with Crippen molar-refractivity contribution in [2.75, 3.05) is 27.3 Å². The van der Waals surface area contributed by atoms with Crippen LogP contribution in [0, 0.1) is 4.77 Å². The van der Waals surface area contributed by atoms with Crippen molar-refractivity contribution in [3.8, 4) is 11.5 Å². The molecular formula is C23H27N5O3S. The van der Waals surface area contributed by atoms with Crippen molar-refractivity contribution in [3.63, 3.8) is 0 Å². The van der Waals surface area contributed by atoms with Crippen LogP contribution in [0.4, 0.5) is 0 Å². The first-order chi connectivity index (χ1) is 15.5. The number of para-hydroxylation sites is 1. The highest BCUT2D eigenvalue weighted by atomic mass is 32.1. The highest BCUT2D eigenvalue weighted by molar-refractivity contribution is 7.71. The van der Waals surface area contributed by atoms with Crippen molar-refractivity contribution in [2.24, 2.45) is 0 Å². The van der Waals surface area contributed by atoms with Gasteiger partial charge in [0.1, 0.15) is 18.1 Å². The number of fused-ring (bicyclic) bond motifs is 3. The topological polar surface area (TPSA) is 65.9 Å². The highest BCUT2D eigenvalue weighted by Gasteiger charge is 2.15. The fourth-order valence-electron chi connectivity index (χ4n) is 3.68. The molecule has 0 aliphatic carbocycles. The molecule has 2 aromatic carbocycles. The molecule has 0 fully saturated rings. The number of rotatable bonds is 9. The summed E-state index contributed by atoms with van der Waals surface area (Å²) in [5.74, 6) is 2.16. The molecule has 0 bridgehead atoms.